The third-order valence-corrected chi connectivity index (χ3v) is 5.66. The van der Waals surface area contributed by atoms with Gasteiger partial charge in [-0.15, -0.1) is 0 Å². The molecular weight excluding hydrogens is 465 g/mol. The van der Waals surface area contributed by atoms with Crippen molar-refractivity contribution in [2.24, 2.45) is 12.8 Å². The summed E-state index contributed by atoms with van der Waals surface area (Å²) in [5.74, 6) is -1.20. The number of nitrogen functional groups attached to an aromatic ring is 1. The van der Waals surface area contributed by atoms with Gasteiger partial charge in [0.1, 0.15) is 23.3 Å². The van der Waals surface area contributed by atoms with Crippen LogP contribution in [0.15, 0.2) is 60.8 Å². The number of carboxylic acids is 1. The van der Waals surface area contributed by atoms with E-state index in [2.05, 4.69) is 15.3 Å². The van der Waals surface area contributed by atoms with E-state index in [0.29, 0.717) is 28.3 Å². The summed E-state index contributed by atoms with van der Waals surface area (Å²) in [4.78, 5) is 34.5. The van der Waals surface area contributed by atoms with Crippen LogP contribution in [0.3, 0.4) is 0 Å². The number of imidazole rings is 1. The van der Waals surface area contributed by atoms with E-state index in [1.165, 1.54) is 23.2 Å². The summed E-state index contributed by atoms with van der Waals surface area (Å²) in [5.41, 5.74) is 7.60. The minimum atomic E-state index is -1.02. The highest BCUT2D eigenvalue weighted by atomic mass is 19.1. The van der Waals surface area contributed by atoms with Gasteiger partial charge >= 0.3 is 5.97 Å². The molecule has 4 aromatic rings. The third kappa shape index (κ3) is 5.14. The molecule has 0 aliphatic heterocycles. The molecule has 10 nitrogen and oxygen atoms in total. The standard InChI is InChI=1S/C25H24FN7O3/c1-32-20-8-6-16(25(36)33(11-9-23(34)35)21-4-2-3-10-29-21)13-19(20)31-22(32)14-30-18-7-5-15(24(27)28)12-17(18)26/h2-8,10,12-13,30H,9,11,14H2,1H3,(H3,27,28)(H,34,35). The largest absolute Gasteiger partial charge is 0.481 e. The maximum atomic E-state index is 14.4. The molecule has 0 atom stereocenters. The van der Waals surface area contributed by atoms with Gasteiger partial charge in [0.2, 0.25) is 0 Å². The van der Waals surface area contributed by atoms with Crippen molar-refractivity contribution in [3.63, 3.8) is 0 Å². The van der Waals surface area contributed by atoms with E-state index in [9.17, 15) is 14.0 Å². The normalized spacial score (nSPS) is 10.8. The van der Waals surface area contributed by atoms with Crippen molar-refractivity contribution in [2.75, 3.05) is 16.8 Å². The smallest absolute Gasteiger partial charge is 0.305 e. The summed E-state index contributed by atoms with van der Waals surface area (Å²) < 4.78 is 16.2. The van der Waals surface area contributed by atoms with Gasteiger partial charge in [0.15, 0.2) is 0 Å². The van der Waals surface area contributed by atoms with Crippen molar-refractivity contribution < 1.29 is 19.1 Å². The average molecular weight is 490 g/mol. The molecular formula is C25H24FN7O3. The molecule has 2 aromatic heterocycles. The van der Waals surface area contributed by atoms with Crippen LogP contribution in [-0.2, 0) is 18.4 Å². The molecule has 0 aliphatic rings. The molecule has 0 bridgehead atoms. The molecule has 0 saturated carbocycles. The number of nitrogens with two attached hydrogens (primary N) is 1. The van der Waals surface area contributed by atoms with Crippen molar-refractivity contribution in [3.8, 4) is 0 Å². The van der Waals surface area contributed by atoms with Crippen molar-refractivity contribution in [1.29, 1.82) is 5.41 Å². The number of anilines is 2. The first kappa shape index (κ1) is 24.3. The van der Waals surface area contributed by atoms with E-state index in [-0.39, 0.29) is 31.0 Å². The van der Waals surface area contributed by atoms with E-state index >= 15 is 0 Å². The summed E-state index contributed by atoms with van der Waals surface area (Å²) in [7, 11) is 1.82. The van der Waals surface area contributed by atoms with E-state index < -0.39 is 17.7 Å². The van der Waals surface area contributed by atoms with Crippen LogP contribution in [0.1, 0.15) is 28.2 Å². The predicted molar refractivity (Wildman–Crippen MR) is 134 cm³/mol. The van der Waals surface area contributed by atoms with Crippen LogP contribution in [0.5, 0.6) is 0 Å². The Labute approximate surface area is 205 Å². The van der Waals surface area contributed by atoms with Crippen LogP contribution in [0.25, 0.3) is 11.0 Å². The number of nitrogens with zero attached hydrogens (tertiary/aromatic N) is 4. The van der Waals surface area contributed by atoms with Gasteiger partial charge in [-0.3, -0.25) is 19.9 Å². The molecule has 0 unspecified atom stereocenters. The number of hydrogen-bond acceptors (Lipinski definition) is 6. The number of aliphatic carboxylic acids is 1. The summed E-state index contributed by atoms with van der Waals surface area (Å²) in [6, 6.07) is 14.4. The number of rotatable bonds is 9. The fraction of sp³-hybridized carbons (Fsp3) is 0.160. The molecule has 0 fully saturated rings. The fourth-order valence-corrected chi connectivity index (χ4v) is 3.74. The first-order valence-electron chi connectivity index (χ1n) is 11.0. The molecule has 0 saturated heterocycles. The zero-order valence-corrected chi connectivity index (χ0v) is 19.4. The number of fused-ring (bicyclic) bond motifs is 1. The number of nitrogens with one attached hydrogen (secondary N) is 2. The Morgan fingerprint density at radius 2 is 1.94 bits per heavy atom. The van der Waals surface area contributed by atoms with Crippen LogP contribution in [-0.4, -0.2) is 43.9 Å². The number of carbonyl (C=O) groups is 2. The lowest BCUT2D eigenvalue weighted by molar-refractivity contribution is -0.136. The van der Waals surface area contributed by atoms with Gasteiger partial charge in [-0.25, -0.2) is 14.4 Å². The number of amidine groups is 1. The van der Waals surface area contributed by atoms with Gasteiger partial charge in [0, 0.05) is 30.9 Å². The monoisotopic (exact) mass is 489 g/mol. The van der Waals surface area contributed by atoms with Crippen molar-refractivity contribution >= 4 is 40.3 Å². The first-order valence-corrected chi connectivity index (χ1v) is 11.0. The minimum Gasteiger partial charge on any atom is -0.481 e. The SMILES string of the molecule is Cn1c(CNc2ccc(C(=N)N)cc2F)nc2cc(C(=O)N(CCC(=O)O)c3ccccn3)ccc21. The number of pyridine rings is 1. The number of halogens is 1. The first-order chi connectivity index (χ1) is 17.2. The summed E-state index contributed by atoms with van der Waals surface area (Å²) in [5, 5.41) is 19.5. The second kappa shape index (κ2) is 10.2. The van der Waals surface area contributed by atoms with E-state index in [4.69, 9.17) is 16.2 Å². The Balaban J connectivity index is 1.57. The second-order valence-corrected chi connectivity index (χ2v) is 8.04. The predicted octanol–water partition coefficient (Wildman–Crippen LogP) is 3.13. The number of carboxylic acid groups (broad SMARTS) is 1. The zero-order chi connectivity index (χ0) is 25.8. The lowest BCUT2D eigenvalue weighted by Gasteiger charge is -2.21. The van der Waals surface area contributed by atoms with Gasteiger partial charge in [-0.2, -0.15) is 0 Å². The van der Waals surface area contributed by atoms with Crippen LogP contribution in [0, 0.1) is 11.2 Å². The second-order valence-electron chi connectivity index (χ2n) is 8.04. The lowest BCUT2D eigenvalue weighted by Crippen LogP contribution is -2.33. The Morgan fingerprint density at radius 1 is 1.17 bits per heavy atom. The summed E-state index contributed by atoms with van der Waals surface area (Å²) >= 11 is 0. The molecule has 36 heavy (non-hydrogen) atoms. The highest BCUT2D eigenvalue weighted by molar-refractivity contribution is 6.07. The molecule has 2 heterocycles. The Hall–Kier alpha value is -4.80. The Bertz CT molecular complexity index is 1450. The molecule has 0 aliphatic carbocycles. The van der Waals surface area contributed by atoms with E-state index in [1.807, 2.05) is 11.6 Å². The van der Waals surface area contributed by atoms with Crippen molar-refractivity contribution in [1.82, 2.24) is 14.5 Å². The van der Waals surface area contributed by atoms with Crippen LogP contribution < -0.4 is 16.0 Å². The van der Waals surface area contributed by atoms with E-state index in [1.54, 1.807) is 42.5 Å². The minimum absolute atomic E-state index is 0.0331. The highest BCUT2D eigenvalue weighted by Gasteiger charge is 2.21. The Morgan fingerprint density at radius 3 is 2.61 bits per heavy atom. The van der Waals surface area contributed by atoms with Gasteiger partial charge in [0.05, 0.1) is 29.7 Å². The summed E-state index contributed by atoms with van der Waals surface area (Å²) in [6.45, 7) is 0.179. The molecule has 5 N–H and O–H groups in total. The number of benzene rings is 2. The highest BCUT2D eigenvalue weighted by Crippen LogP contribution is 2.22. The van der Waals surface area contributed by atoms with Gasteiger partial charge in [-0.05, 0) is 48.5 Å². The molecule has 0 radical (unpaired) electrons. The van der Waals surface area contributed by atoms with Crippen molar-refractivity contribution in [3.05, 3.63) is 83.6 Å². The maximum absolute atomic E-state index is 14.4. The van der Waals surface area contributed by atoms with Crippen molar-refractivity contribution in [2.45, 2.75) is 13.0 Å². The topological polar surface area (TPSA) is 150 Å². The quantitative estimate of drug-likeness (QED) is 0.208. The van der Waals surface area contributed by atoms with Gasteiger partial charge < -0.3 is 20.7 Å². The molecule has 2 aromatic carbocycles. The van der Waals surface area contributed by atoms with Crippen LogP contribution in [0.2, 0.25) is 0 Å². The number of aromatic nitrogens is 3. The number of hydrogen-bond donors (Lipinski definition) is 4. The zero-order valence-electron chi connectivity index (χ0n) is 19.4. The maximum Gasteiger partial charge on any atom is 0.305 e. The molecule has 184 valence electrons. The van der Waals surface area contributed by atoms with Gasteiger partial charge in [-0.1, -0.05) is 6.07 Å². The Kier molecular flexibility index (Phi) is 6.91. The fourth-order valence-electron chi connectivity index (χ4n) is 3.74. The molecule has 0 spiro atoms. The molecule has 11 heteroatoms. The molecule has 1 amide bonds. The number of carbonyl (C=O) groups excluding carboxylic acids is 1. The van der Waals surface area contributed by atoms with Crippen LogP contribution >= 0.6 is 0 Å². The summed E-state index contributed by atoms with van der Waals surface area (Å²) in [6.07, 6.45) is 1.31. The third-order valence-electron chi connectivity index (χ3n) is 5.66. The van der Waals surface area contributed by atoms with Crippen LogP contribution in [0.4, 0.5) is 15.9 Å². The molecule has 4 rings (SSSR count). The number of amides is 1. The van der Waals surface area contributed by atoms with Gasteiger partial charge in [0.25, 0.3) is 5.91 Å². The lowest BCUT2D eigenvalue weighted by atomic mass is 10.1. The number of aryl methyl sites for hydroxylation is 1. The van der Waals surface area contributed by atoms with E-state index in [0.717, 1.165) is 5.52 Å². The average Bonchev–Trinajstić information content (AvgIpc) is 3.18.